The first-order valence-corrected chi connectivity index (χ1v) is 6.38. The van der Waals surface area contributed by atoms with Crippen molar-refractivity contribution in [2.75, 3.05) is 11.4 Å². The van der Waals surface area contributed by atoms with Crippen LogP contribution in [0, 0.1) is 0 Å². The molecule has 0 aliphatic carbocycles. The number of carbonyl (C=O) groups is 2. The van der Waals surface area contributed by atoms with E-state index in [4.69, 9.17) is 4.74 Å². The number of benzene rings is 1. The number of anilines is 1. The molecule has 2 heterocycles. The highest BCUT2D eigenvalue weighted by atomic mass is 16.6. The van der Waals surface area contributed by atoms with Crippen molar-refractivity contribution >= 4 is 17.6 Å². The standard InChI is InChI=1S/C14H16N2O3/c1-9(17)16-12-6-4-3-5-11(12)14(19-10(2)18)7-8-15-13(14)16/h3-6,13,15H,7-8H2,1-2H3/t13-,14-/m1/s1. The second kappa shape index (κ2) is 4.06. The number of hydrogen-bond donors (Lipinski definition) is 1. The molecule has 19 heavy (non-hydrogen) atoms. The van der Waals surface area contributed by atoms with Gasteiger partial charge in [0.15, 0.2) is 5.60 Å². The van der Waals surface area contributed by atoms with Crippen molar-refractivity contribution in [1.29, 1.82) is 0 Å². The van der Waals surface area contributed by atoms with Crippen molar-refractivity contribution in [3.63, 3.8) is 0 Å². The molecule has 1 aromatic rings. The Morgan fingerprint density at radius 1 is 1.37 bits per heavy atom. The molecule has 5 nitrogen and oxygen atoms in total. The molecule has 2 aliphatic heterocycles. The minimum atomic E-state index is -0.742. The fourth-order valence-corrected chi connectivity index (χ4v) is 3.23. The Morgan fingerprint density at radius 3 is 2.79 bits per heavy atom. The van der Waals surface area contributed by atoms with Gasteiger partial charge >= 0.3 is 5.97 Å². The van der Waals surface area contributed by atoms with Crippen molar-refractivity contribution in [3.05, 3.63) is 29.8 Å². The van der Waals surface area contributed by atoms with Crippen LogP contribution in [-0.4, -0.2) is 24.6 Å². The first-order chi connectivity index (χ1) is 9.06. The van der Waals surface area contributed by atoms with Crippen LogP contribution in [0.5, 0.6) is 0 Å². The van der Waals surface area contributed by atoms with Crippen LogP contribution < -0.4 is 10.2 Å². The van der Waals surface area contributed by atoms with Gasteiger partial charge in [-0.1, -0.05) is 18.2 Å². The fraction of sp³-hybridized carbons (Fsp3) is 0.429. The number of amides is 1. The summed E-state index contributed by atoms with van der Waals surface area (Å²) in [5.74, 6) is -0.380. The molecule has 1 saturated heterocycles. The van der Waals surface area contributed by atoms with Gasteiger partial charge in [-0.15, -0.1) is 0 Å². The zero-order valence-electron chi connectivity index (χ0n) is 11.0. The first-order valence-electron chi connectivity index (χ1n) is 6.38. The van der Waals surface area contributed by atoms with E-state index in [1.165, 1.54) is 13.8 Å². The normalized spacial score (nSPS) is 27.9. The summed E-state index contributed by atoms with van der Waals surface area (Å²) in [5, 5.41) is 3.27. The van der Waals surface area contributed by atoms with Crippen LogP contribution in [0.2, 0.25) is 0 Å². The molecule has 0 spiro atoms. The van der Waals surface area contributed by atoms with Gasteiger partial charge in [-0.05, 0) is 6.07 Å². The molecule has 0 saturated carbocycles. The lowest BCUT2D eigenvalue weighted by molar-refractivity contribution is -0.159. The van der Waals surface area contributed by atoms with E-state index in [0.29, 0.717) is 6.42 Å². The van der Waals surface area contributed by atoms with Crippen molar-refractivity contribution in [2.24, 2.45) is 0 Å². The summed E-state index contributed by atoms with van der Waals surface area (Å²) >= 11 is 0. The number of carbonyl (C=O) groups excluding carboxylic acids is 2. The number of nitrogens with zero attached hydrogens (tertiary/aromatic N) is 1. The van der Waals surface area contributed by atoms with Crippen molar-refractivity contribution in [3.8, 4) is 0 Å². The Hall–Kier alpha value is -1.88. The number of ether oxygens (including phenoxy) is 1. The highest BCUT2D eigenvalue weighted by Crippen LogP contribution is 2.49. The van der Waals surface area contributed by atoms with Gasteiger partial charge in [0.1, 0.15) is 6.17 Å². The Labute approximate surface area is 111 Å². The average Bonchev–Trinajstić information content (AvgIpc) is 2.83. The molecule has 0 bridgehead atoms. The smallest absolute Gasteiger partial charge is 0.303 e. The van der Waals surface area contributed by atoms with Crippen LogP contribution in [0.1, 0.15) is 25.8 Å². The number of esters is 1. The van der Waals surface area contributed by atoms with Gasteiger partial charge < -0.3 is 4.74 Å². The summed E-state index contributed by atoms with van der Waals surface area (Å²) in [4.78, 5) is 25.1. The summed E-state index contributed by atoms with van der Waals surface area (Å²) in [6.07, 6.45) is 0.379. The molecule has 2 atom stereocenters. The Bertz CT molecular complexity index is 557. The number of nitrogens with one attached hydrogen (secondary N) is 1. The fourth-order valence-electron chi connectivity index (χ4n) is 3.23. The van der Waals surface area contributed by atoms with E-state index in [1.807, 2.05) is 24.3 Å². The number of fused-ring (bicyclic) bond motifs is 3. The molecular formula is C14H16N2O3. The maximum absolute atomic E-state index is 11.9. The zero-order valence-corrected chi connectivity index (χ0v) is 11.0. The lowest BCUT2D eigenvalue weighted by atomic mass is 9.92. The van der Waals surface area contributed by atoms with Crippen LogP contribution in [0.4, 0.5) is 5.69 Å². The van der Waals surface area contributed by atoms with Gasteiger partial charge in [-0.2, -0.15) is 0 Å². The van der Waals surface area contributed by atoms with Gasteiger partial charge in [0.25, 0.3) is 0 Å². The molecule has 1 fully saturated rings. The Morgan fingerprint density at radius 2 is 2.11 bits per heavy atom. The minimum Gasteiger partial charge on any atom is -0.451 e. The molecule has 3 rings (SSSR count). The number of para-hydroxylation sites is 1. The van der Waals surface area contributed by atoms with Crippen LogP contribution in [-0.2, 0) is 19.9 Å². The zero-order chi connectivity index (χ0) is 13.6. The highest BCUT2D eigenvalue weighted by Gasteiger charge is 2.57. The van der Waals surface area contributed by atoms with Gasteiger partial charge in [0.05, 0.1) is 5.69 Å². The van der Waals surface area contributed by atoms with Gasteiger partial charge in [-0.3, -0.25) is 19.8 Å². The molecule has 0 aromatic heterocycles. The van der Waals surface area contributed by atoms with E-state index in [-0.39, 0.29) is 18.0 Å². The minimum absolute atomic E-state index is 0.0547. The summed E-state index contributed by atoms with van der Waals surface area (Å²) in [5.41, 5.74) is 0.998. The molecule has 2 aliphatic rings. The third-order valence-electron chi connectivity index (χ3n) is 3.82. The number of rotatable bonds is 1. The van der Waals surface area contributed by atoms with E-state index < -0.39 is 5.60 Å². The lowest BCUT2D eigenvalue weighted by Crippen LogP contribution is -2.51. The Balaban J connectivity index is 2.18. The molecule has 0 radical (unpaired) electrons. The van der Waals surface area contributed by atoms with Gasteiger partial charge in [0.2, 0.25) is 5.91 Å². The average molecular weight is 260 g/mol. The van der Waals surface area contributed by atoms with E-state index in [1.54, 1.807) is 4.90 Å². The molecular weight excluding hydrogens is 244 g/mol. The topological polar surface area (TPSA) is 58.6 Å². The monoisotopic (exact) mass is 260 g/mol. The second-order valence-electron chi connectivity index (χ2n) is 5.00. The third kappa shape index (κ3) is 1.58. The van der Waals surface area contributed by atoms with Crippen molar-refractivity contribution < 1.29 is 14.3 Å². The molecule has 1 aromatic carbocycles. The van der Waals surface area contributed by atoms with Crippen molar-refractivity contribution in [2.45, 2.75) is 32.0 Å². The largest absolute Gasteiger partial charge is 0.451 e. The van der Waals surface area contributed by atoms with Gasteiger partial charge in [0, 0.05) is 32.4 Å². The Kier molecular flexibility index (Phi) is 2.60. The van der Waals surface area contributed by atoms with Crippen LogP contribution in [0.15, 0.2) is 24.3 Å². The number of hydrogen-bond acceptors (Lipinski definition) is 4. The quantitative estimate of drug-likeness (QED) is 0.769. The predicted molar refractivity (Wildman–Crippen MR) is 69.5 cm³/mol. The lowest BCUT2D eigenvalue weighted by Gasteiger charge is -2.31. The highest BCUT2D eigenvalue weighted by molar-refractivity contribution is 5.95. The molecule has 1 N–H and O–H groups in total. The summed E-state index contributed by atoms with van der Waals surface area (Å²) in [6.45, 7) is 3.65. The predicted octanol–water partition coefficient (Wildman–Crippen LogP) is 1.13. The summed E-state index contributed by atoms with van der Waals surface area (Å²) < 4.78 is 5.63. The molecule has 1 amide bonds. The second-order valence-corrected chi connectivity index (χ2v) is 5.00. The van der Waals surface area contributed by atoms with Crippen molar-refractivity contribution in [1.82, 2.24) is 5.32 Å². The van der Waals surface area contributed by atoms with Crippen LogP contribution in [0.25, 0.3) is 0 Å². The maximum Gasteiger partial charge on any atom is 0.303 e. The summed E-state index contributed by atoms with van der Waals surface area (Å²) in [6, 6.07) is 7.61. The third-order valence-corrected chi connectivity index (χ3v) is 3.82. The van der Waals surface area contributed by atoms with E-state index >= 15 is 0 Å². The van der Waals surface area contributed by atoms with Crippen LogP contribution >= 0.6 is 0 Å². The first kappa shape index (κ1) is 12.2. The molecule has 0 unspecified atom stereocenters. The summed E-state index contributed by atoms with van der Waals surface area (Å²) in [7, 11) is 0. The van der Waals surface area contributed by atoms with Gasteiger partial charge in [-0.25, -0.2) is 0 Å². The van der Waals surface area contributed by atoms with Crippen LogP contribution in [0.3, 0.4) is 0 Å². The maximum atomic E-state index is 11.9. The SMILES string of the molecule is CC(=O)O[C@@]12CCN[C@@H]1N(C(C)=O)c1ccccc12. The molecule has 5 heteroatoms. The molecule has 100 valence electrons. The van der Waals surface area contributed by atoms with E-state index in [0.717, 1.165) is 17.8 Å². The van der Waals surface area contributed by atoms with E-state index in [2.05, 4.69) is 5.32 Å². The van der Waals surface area contributed by atoms with E-state index in [9.17, 15) is 9.59 Å².